The first-order valence-corrected chi connectivity index (χ1v) is 8.80. The summed E-state index contributed by atoms with van der Waals surface area (Å²) in [7, 11) is 1.52. The average molecular weight is 421 g/mol. The lowest BCUT2D eigenvalue weighted by molar-refractivity contribution is 0.00702. The molecule has 0 unspecified atom stereocenters. The molecule has 2 aromatic rings. The maximum absolute atomic E-state index is 12.5. The van der Waals surface area contributed by atoms with Crippen LogP contribution in [0.3, 0.4) is 0 Å². The van der Waals surface area contributed by atoms with Gasteiger partial charge in [0.05, 0.1) is 17.4 Å². The number of carbonyl (C=O) groups is 2. The standard InChI is InChI=1S/C19H21BrN2O4/c1-19(2,3)26-17(23)14-10-16(20)21-11-15(14)22(4)18(24)25-12-13-8-6-5-7-9-13/h5-11H,12H2,1-4H3. The Morgan fingerprint density at radius 1 is 1.19 bits per heavy atom. The quantitative estimate of drug-likeness (QED) is 0.534. The van der Waals surface area contributed by atoms with Gasteiger partial charge in [-0.25, -0.2) is 14.6 Å². The number of halogens is 1. The molecule has 0 aliphatic rings. The number of hydrogen-bond acceptors (Lipinski definition) is 5. The first kappa shape index (κ1) is 19.9. The van der Waals surface area contributed by atoms with Gasteiger partial charge in [0.1, 0.15) is 16.8 Å². The lowest BCUT2D eigenvalue weighted by Crippen LogP contribution is -2.30. The minimum absolute atomic E-state index is 0.135. The minimum atomic E-state index is -0.656. The van der Waals surface area contributed by atoms with E-state index in [1.54, 1.807) is 20.8 Å². The van der Waals surface area contributed by atoms with E-state index in [-0.39, 0.29) is 12.2 Å². The third-order valence-electron chi connectivity index (χ3n) is 3.31. The zero-order valence-electron chi connectivity index (χ0n) is 15.2. The molecule has 1 amide bonds. The third-order valence-corrected chi connectivity index (χ3v) is 3.74. The topological polar surface area (TPSA) is 68.7 Å². The summed E-state index contributed by atoms with van der Waals surface area (Å²) in [4.78, 5) is 30.2. The predicted molar refractivity (Wildman–Crippen MR) is 102 cm³/mol. The molecule has 1 aromatic heterocycles. The molecule has 1 heterocycles. The van der Waals surface area contributed by atoms with Crippen molar-refractivity contribution in [1.82, 2.24) is 4.98 Å². The van der Waals surface area contributed by atoms with E-state index >= 15 is 0 Å². The summed E-state index contributed by atoms with van der Waals surface area (Å²) in [6.07, 6.45) is 0.829. The summed E-state index contributed by atoms with van der Waals surface area (Å²) in [5.74, 6) is -0.543. The Morgan fingerprint density at radius 2 is 1.85 bits per heavy atom. The lowest BCUT2D eigenvalue weighted by atomic mass is 10.1. The molecule has 26 heavy (non-hydrogen) atoms. The third kappa shape index (κ3) is 5.56. The van der Waals surface area contributed by atoms with E-state index in [1.165, 1.54) is 24.2 Å². The maximum atomic E-state index is 12.5. The van der Waals surface area contributed by atoms with Crippen molar-refractivity contribution < 1.29 is 19.1 Å². The fourth-order valence-electron chi connectivity index (χ4n) is 2.10. The van der Waals surface area contributed by atoms with Crippen LogP contribution in [0, 0.1) is 0 Å². The molecule has 0 aliphatic carbocycles. The van der Waals surface area contributed by atoms with Crippen LogP contribution < -0.4 is 4.90 Å². The van der Waals surface area contributed by atoms with Gasteiger partial charge in [0.15, 0.2) is 0 Å². The van der Waals surface area contributed by atoms with Gasteiger partial charge in [-0.05, 0) is 48.3 Å². The molecular formula is C19H21BrN2O4. The number of rotatable bonds is 4. The molecule has 0 saturated carbocycles. The van der Waals surface area contributed by atoms with Crippen LogP contribution in [0.5, 0.6) is 0 Å². The molecule has 0 saturated heterocycles. The van der Waals surface area contributed by atoms with Crippen molar-refractivity contribution >= 4 is 33.7 Å². The predicted octanol–water partition coefficient (Wildman–Crippen LogP) is 4.57. The highest BCUT2D eigenvalue weighted by molar-refractivity contribution is 9.10. The van der Waals surface area contributed by atoms with Crippen molar-refractivity contribution in [2.75, 3.05) is 11.9 Å². The number of pyridine rings is 1. The van der Waals surface area contributed by atoms with Gasteiger partial charge in [0.2, 0.25) is 0 Å². The number of carbonyl (C=O) groups excluding carboxylic acids is 2. The van der Waals surface area contributed by atoms with Crippen molar-refractivity contribution in [2.45, 2.75) is 33.0 Å². The molecule has 2 rings (SSSR count). The number of anilines is 1. The van der Waals surface area contributed by atoms with E-state index in [0.29, 0.717) is 10.3 Å². The molecule has 0 bridgehead atoms. The van der Waals surface area contributed by atoms with Crippen LogP contribution in [0.2, 0.25) is 0 Å². The van der Waals surface area contributed by atoms with Gasteiger partial charge in [-0.3, -0.25) is 4.90 Å². The van der Waals surface area contributed by atoms with Gasteiger partial charge in [0.25, 0.3) is 0 Å². The van der Waals surface area contributed by atoms with Crippen molar-refractivity contribution in [3.63, 3.8) is 0 Å². The lowest BCUT2D eigenvalue weighted by Gasteiger charge is -2.23. The second kappa shape index (κ2) is 8.31. The molecular weight excluding hydrogens is 400 g/mol. The van der Waals surface area contributed by atoms with Crippen LogP contribution in [0.4, 0.5) is 10.5 Å². The van der Waals surface area contributed by atoms with Crippen LogP contribution in [-0.2, 0) is 16.1 Å². The summed E-state index contributed by atoms with van der Waals surface area (Å²) in [6.45, 7) is 5.46. The van der Waals surface area contributed by atoms with Gasteiger partial charge in [-0.1, -0.05) is 30.3 Å². The van der Waals surface area contributed by atoms with E-state index in [0.717, 1.165) is 5.56 Å². The van der Waals surface area contributed by atoms with Crippen LogP contribution in [0.1, 0.15) is 36.7 Å². The van der Waals surface area contributed by atoms with Crippen molar-refractivity contribution in [3.8, 4) is 0 Å². The Labute approximate surface area is 161 Å². The number of esters is 1. The summed E-state index contributed by atoms with van der Waals surface area (Å²) in [5, 5.41) is 0. The zero-order valence-corrected chi connectivity index (χ0v) is 16.7. The van der Waals surface area contributed by atoms with E-state index in [2.05, 4.69) is 20.9 Å². The van der Waals surface area contributed by atoms with Crippen LogP contribution in [0.25, 0.3) is 0 Å². The first-order chi connectivity index (χ1) is 12.2. The Bertz CT molecular complexity index is 788. The Morgan fingerprint density at radius 3 is 2.46 bits per heavy atom. The van der Waals surface area contributed by atoms with Crippen molar-refractivity contribution in [2.24, 2.45) is 0 Å². The average Bonchev–Trinajstić information content (AvgIpc) is 2.58. The molecule has 0 N–H and O–H groups in total. The monoisotopic (exact) mass is 420 g/mol. The fraction of sp³-hybridized carbons (Fsp3) is 0.316. The molecule has 0 aliphatic heterocycles. The molecule has 0 radical (unpaired) electrons. The van der Waals surface area contributed by atoms with Crippen LogP contribution >= 0.6 is 15.9 Å². The second-order valence-electron chi connectivity index (χ2n) is 6.63. The highest BCUT2D eigenvalue weighted by atomic mass is 79.9. The fourth-order valence-corrected chi connectivity index (χ4v) is 2.43. The molecule has 138 valence electrons. The normalized spacial score (nSPS) is 11.0. The van der Waals surface area contributed by atoms with Gasteiger partial charge in [0, 0.05) is 7.05 Å². The largest absolute Gasteiger partial charge is 0.456 e. The zero-order chi connectivity index (χ0) is 19.3. The molecule has 6 nitrogen and oxygen atoms in total. The Balaban J connectivity index is 2.18. The summed E-state index contributed by atoms with van der Waals surface area (Å²) < 4.78 is 11.2. The van der Waals surface area contributed by atoms with Gasteiger partial charge >= 0.3 is 12.1 Å². The molecule has 0 spiro atoms. The van der Waals surface area contributed by atoms with E-state index in [4.69, 9.17) is 9.47 Å². The summed E-state index contributed by atoms with van der Waals surface area (Å²) >= 11 is 3.24. The second-order valence-corrected chi connectivity index (χ2v) is 7.44. The van der Waals surface area contributed by atoms with Crippen LogP contribution in [0.15, 0.2) is 47.2 Å². The number of ether oxygens (including phenoxy) is 2. The van der Waals surface area contributed by atoms with Gasteiger partial charge in [-0.15, -0.1) is 0 Å². The summed E-state index contributed by atoms with van der Waals surface area (Å²) in [5.41, 5.74) is 0.744. The van der Waals surface area contributed by atoms with E-state index in [9.17, 15) is 9.59 Å². The maximum Gasteiger partial charge on any atom is 0.414 e. The number of nitrogens with zero attached hydrogens (tertiary/aromatic N) is 2. The summed E-state index contributed by atoms with van der Waals surface area (Å²) in [6, 6.07) is 10.9. The minimum Gasteiger partial charge on any atom is -0.456 e. The smallest absolute Gasteiger partial charge is 0.414 e. The molecule has 7 heteroatoms. The van der Waals surface area contributed by atoms with Gasteiger partial charge < -0.3 is 9.47 Å². The number of aromatic nitrogens is 1. The number of benzene rings is 1. The molecule has 0 atom stereocenters. The highest BCUT2D eigenvalue weighted by Crippen LogP contribution is 2.25. The van der Waals surface area contributed by atoms with Crippen molar-refractivity contribution in [3.05, 3.63) is 58.3 Å². The first-order valence-electron chi connectivity index (χ1n) is 8.00. The highest BCUT2D eigenvalue weighted by Gasteiger charge is 2.25. The Kier molecular flexibility index (Phi) is 6.37. The van der Waals surface area contributed by atoms with Gasteiger partial charge in [-0.2, -0.15) is 0 Å². The van der Waals surface area contributed by atoms with Crippen molar-refractivity contribution in [1.29, 1.82) is 0 Å². The number of amides is 1. The van der Waals surface area contributed by atoms with Crippen LogP contribution in [-0.4, -0.2) is 29.7 Å². The SMILES string of the molecule is CN(C(=O)OCc1ccccc1)c1cnc(Br)cc1C(=O)OC(C)(C)C. The molecule has 1 aromatic carbocycles. The Hall–Kier alpha value is -2.41. The number of hydrogen-bond donors (Lipinski definition) is 0. The van der Waals surface area contributed by atoms with E-state index in [1.807, 2.05) is 30.3 Å². The molecule has 0 fully saturated rings. The van der Waals surface area contributed by atoms with E-state index < -0.39 is 17.7 Å².